The van der Waals surface area contributed by atoms with Crippen LogP contribution in [0.1, 0.15) is 16.1 Å². The highest BCUT2D eigenvalue weighted by atomic mass is 19.1. The second-order valence-electron chi connectivity index (χ2n) is 5.16. The molecular formula is C19H15FN2O. The van der Waals surface area contributed by atoms with Crippen molar-refractivity contribution in [2.45, 2.75) is 6.92 Å². The Kier molecular flexibility index (Phi) is 4.15. The third-order valence-corrected chi connectivity index (χ3v) is 3.50. The summed E-state index contributed by atoms with van der Waals surface area (Å²) < 4.78 is 12.9. The van der Waals surface area contributed by atoms with Crippen molar-refractivity contribution < 1.29 is 9.18 Å². The van der Waals surface area contributed by atoms with Crippen LogP contribution in [0.25, 0.3) is 11.3 Å². The number of rotatable bonds is 3. The maximum Gasteiger partial charge on any atom is 0.257 e. The lowest BCUT2D eigenvalue weighted by atomic mass is 10.1. The molecule has 0 aliphatic rings. The van der Waals surface area contributed by atoms with Gasteiger partial charge in [0.1, 0.15) is 5.82 Å². The topological polar surface area (TPSA) is 42.0 Å². The predicted octanol–water partition coefficient (Wildman–Crippen LogP) is 4.45. The third-order valence-electron chi connectivity index (χ3n) is 3.50. The second kappa shape index (κ2) is 6.40. The largest absolute Gasteiger partial charge is 0.322 e. The maximum atomic E-state index is 12.9. The molecule has 1 heterocycles. The van der Waals surface area contributed by atoms with Gasteiger partial charge in [0.05, 0.1) is 17.0 Å². The Morgan fingerprint density at radius 2 is 1.65 bits per heavy atom. The van der Waals surface area contributed by atoms with E-state index in [2.05, 4.69) is 10.3 Å². The molecule has 2 aromatic carbocycles. The van der Waals surface area contributed by atoms with E-state index < -0.39 is 0 Å². The summed E-state index contributed by atoms with van der Waals surface area (Å²) in [5.41, 5.74) is 3.51. The van der Waals surface area contributed by atoms with E-state index in [0.29, 0.717) is 16.9 Å². The number of amides is 1. The minimum absolute atomic E-state index is 0.263. The van der Waals surface area contributed by atoms with Gasteiger partial charge >= 0.3 is 0 Å². The van der Waals surface area contributed by atoms with Crippen LogP contribution in [-0.2, 0) is 0 Å². The number of nitrogens with one attached hydrogen (secondary N) is 1. The molecule has 1 N–H and O–H groups in total. The smallest absolute Gasteiger partial charge is 0.257 e. The standard InChI is InChI=1S/C19H15FN2O/c1-13-17(19(23)22-16-9-7-15(20)8-10-16)11-12-18(21-13)14-5-3-2-4-6-14/h2-12H,1H3,(H,22,23). The molecule has 0 saturated heterocycles. The van der Waals surface area contributed by atoms with Crippen molar-refractivity contribution in [3.63, 3.8) is 0 Å². The van der Waals surface area contributed by atoms with Gasteiger partial charge in [-0.1, -0.05) is 30.3 Å². The van der Waals surface area contributed by atoms with Crippen molar-refractivity contribution >= 4 is 11.6 Å². The zero-order valence-corrected chi connectivity index (χ0v) is 12.6. The number of halogens is 1. The number of carbonyl (C=O) groups excluding carboxylic acids is 1. The normalized spacial score (nSPS) is 10.3. The summed E-state index contributed by atoms with van der Waals surface area (Å²) in [5.74, 6) is -0.603. The molecular weight excluding hydrogens is 291 g/mol. The van der Waals surface area contributed by atoms with Crippen LogP contribution < -0.4 is 5.32 Å². The molecule has 4 heteroatoms. The number of anilines is 1. The van der Waals surface area contributed by atoms with Crippen LogP contribution in [0.5, 0.6) is 0 Å². The van der Waals surface area contributed by atoms with E-state index in [1.165, 1.54) is 24.3 Å². The molecule has 0 unspecified atom stereocenters. The Balaban J connectivity index is 1.83. The van der Waals surface area contributed by atoms with E-state index in [0.717, 1.165) is 11.3 Å². The van der Waals surface area contributed by atoms with Crippen LogP contribution in [0.4, 0.5) is 10.1 Å². The van der Waals surface area contributed by atoms with Gasteiger partial charge in [-0.3, -0.25) is 9.78 Å². The van der Waals surface area contributed by atoms with Gasteiger partial charge in [0.25, 0.3) is 5.91 Å². The summed E-state index contributed by atoms with van der Waals surface area (Å²) in [6, 6.07) is 19.0. The van der Waals surface area contributed by atoms with E-state index in [1.807, 2.05) is 36.4 Å². The molecule has 3 aromatic rings. The van der Waals surface area contributed by atoms with Gasteiger partial charge in [-0.05, 0) is 43.3 Å². The van der Waals surface area contributed by atoms with Gasteiger partial charge in [0, 0.05) is 11.3 Å². The molecule has 0 saturated carbocycles. The lowest BCUT2D eigenvalue weighted by Crippen LogP contribution is -2.14. The Morgan fingerprint density at radius 3 is 2.30 bits per heavy atom. The molecule has 0 atom stereocenters. The van der Waals surface area contributed by atoms with Gasteiger partial charge < -0.3 is 5.32 Å². The molecule has 1 amide bonds. The van der Waals surface area contributed by atoms with Crippen LogP contribution in [0.3, 0.4) is 0 Å². The van der Waals surface area contributed by atoms with Gasteiger partial charge in [0.2, 0.25) is 0 Å². The number of benzene rings is 2. The number of aromatic nitrogens is 1. The minimum Gasteiger partial charge on any atom is -0.322 e. The molecule has 1 aromatic heterocycles. The minimum atomic E-state index is -0.340. The van der Waals surface area contributed by atoms with Gasteiger partial charge in [-0.15, -0.1) is 0 Å². The number of hydrogen-bond donors (Lipinski definition) is 1. The molecule has 3 nitrogen and oxygen atoms in total. The van der Waals surface area contributed by atoms with E-state index >= 15 is 0 Å². The number of carbonyl (C=O) groups is 1. The number of pyridine rings is 1. The Morgan fingerprint density at radius 1 is 0.957 bits per heavy atom. The van der Waals surface area contributed by atoms with Crippen LogP contribution >= 0.6 is 0 Å². The summed E-state index contributed by atoms with van der Waals surface area (Å²) in [6.45, 7) is 1.80. The van der Waals surface area contributed by atoms with Crippen LogP contribution in [0, 0.1) is 12.7 Å². The van der Waals surface area contributed by atoms with Crippen molar-refractivity contribution in [1.29, 1.82) is 0 Å². The van der Waals surface area contributed by atoms with Gasteiger partial charge in [0.15, 0.2) is 0 Å². The second-order valence-corrected chi connectivity index (χ2v) is 5.16. The summed E-state index contributed by atoms with van der Waals surface area (Å²) in [5, 5.41) is 2.74. The monoisotopic (exact) mass is 306 g/mol. The first kappa shape index (κ1) is 14.9. The molecule has 3 rings (SSSR count). The number of hydrogen-bond acceptors (Lipinski definition) is 2. The van der Waals surface area contributed by atoms with Crippen molar-refractivity contribution in [3.8, 4) is 11.3 Å². The summed E-state index contributed by atoms with van der Waals surface area (Å²) >= 11 is 0. The SMILES string of the molecule is Cc1nc(-c2ccccc2)ccc1C(=O)Nc1ccc(F)cc1. The average Bonchev–Trinajstić information content (AvgIpc) is 2.57. The van der Waals surface area contributed by atoms with E-state index in [-0.39, 0.29) is 11.7 Å². The molecule has 0 spiro atoms. The fourth-order valence-electron chi connectivity index (χ4n) is 2.30. The van der Waals surface area contributed by atoms with Crippen molar-refractivity contribution in [1.82, 2.24) is 4.98 Å². The van der Waals surface area contributed by atoms with E-state index in [1.54, 1.807) is 13.0 Å². The maximum absolute atomic E-state index is 12.9. The van der Waals surface area contributed by atoms with Crippen LogP contribution in [0.15, 0.2) is 66.7 Å². The highest BCUT2D eigenvalue weighted by Gasteiger charge is 2.11. The highest BCUT2D eigenvalue weighted by Crippen LogP contribution is 2.19. The predicted molar refractivity (Wildman–Crippen MR) is 88.8 cm³/mol. The van der Waals surface area contributed by atoms with E-state index in [4.69, 9.17) is 0 Å². The molecule has 0 radical (unpaired) electrons. The first-order valence-electron chi connectivity index (χ1n) is 7.23. The summed E-state index contributed by atoms with van der Waals surface area (Å²) in [4.78, 5) is 16.8. The van der Waals surface area contributed by atoms with Gasteiger partial charge in [-0.2, -0.15) is 0 Å². The third kappa shape index (κ3) is 3.43. The van der Waals surface area contributed by atoms with Crippen LogP contribution in [0.2, 0.25) is 0 Å². The molecule has 114 valence electrons. The first-order chi connectivity index (χ1) is 11.1. The lowest BCUT2D eigenvalue weighted by molar-refractivity contribution is 0.102. The Hall–Kier alpha value is -3.01. The fraction of sp³-hybridized carbons (Fsp3) is 0.0526. The zero-order chi connectivity index (χ0) is 16.2. The van der Waals surface area contributed by atoms with Gasteiger partial charge in [-0.25, -0.2) is 4.39 Å². The molecule has 23 heavy (non-hydrogen) atoms. The molecule has 0 aliphatic heterocycles. The Labute approximate surface area is 133 Å². The quantitative estimate of drug-likeness (QED) is 0.777. The summed E-state index contributed by atoms with van der Waals surface area (Å²) in [7, 11) is 0. The number of aryl methyl sites for hydroxylation is 1. The molecule has 0 aliphatic carbocycles. The molecule has 0 fully saturated rings. The van der Waals surface area contributed by atoms with E-state index in [9.17, 15) is 9.18 Å². The first-order valence-corrected chi connectivity index (χ1v) is 7.23. The molecule has 0 bridgehead atoms. The lowest BCUT2D eigenvalue weighted by Gasteiger charge is -2.09. The van der Waals surface area contributed by atoms with Crippen molar-refractivity contribution in [2.24, 2.45) is 0 Å². The Bertz CT molecular complexity index is 830. The van der Waals surface area contributed by atoms with Crippen molar-refractivity contribution in [3.05, 3.63) is 83.8 Å². The highest BCUT2D eigenvalue weighted by molar-refractivity contribution is 6.05. The summed E-state index contributed by atoms with van der Waals surface area (Å²) in [6.07, 6.45) is 0. The zero-order valence-electron chi connectivity index (χ0n) is 12.6. The van der Waals surface area contributed by atoms with Crippen LogP contribution in [-0.4, -0.2) is 10.9 Å². The fourth-order valence-corrected chi connectivity index (χ4v) is 2.30. The number of nitrogens with zero attached hydrogens (tertiary/aromatic N) is 1. The van der Waals surface area contributed by atoms with Crippen molar-refractivity contribution in [2.75, 3.05) is 5.32 Å². The average molecular weight is 306 g/mol.